The highest BCUT2D eigenvalue weighted by molar-refractivity contribution is 7.94. The van der Waals surface area contributed by atoms with Gasteiger partial charge in [0, 0.05) is 35.9 Å². The van der Waals surface area contributed by atoms with Gasteiger partial charge in [0.05, 0.1) is 11.4 Å². The zero-order chi connectivity index (χ0) is 25.3. The quantitative estimate of drug-likeness (QED) is 0.311. The van der Waals surface area contributed by atoms with E-state index in [-0.39, 0.29) is 0 Å². The maximum atomic E-state index is 13.4. The number of ether oxygens (including phenoxy) is 1. The van der Waals surface area contributed by atoms with Gasteiger partial charge in [-0.05, 0) is 66.9 Å². The summed E-state index contributed by atoms with van der Waals surface area (Å²) in [6, 6.07) is 20.9. The molecule has 1 aliphatic rings. The maximum Gasteiger partial charge on any atom is 0.271 e. The van der Waals surface area contributed by atoms with E-state index in [1.54, 1.807) is 12.1 Å². The second-order valence-electron chi connectivity index (χ2n) is 9.01. The van der Waals surface area contributed by atoms with Gasteiger partial charge >= 0.3 is 0 Å². The molecule has 1 fully saturated rings. The molecule has 1 saturated heterocycles. The molecule has 0 atom stereocenters. The predicted molar refractivity (Wildman–Crippen MR) is 149 cm³/mol. The van der Waals surface area contributed by atoms with Gasteiger partial charge in [0.15, 0.2) is 0 Å². The number of piperazine rings is 1. The van der Waals surface area contributed by atoms with E-state index >= 15 is 0 Å². The first kappa shape index (κ1) is 24.9. The lowest BCUT2D eigenvalue weighted by Crippen LogP contribution is -2.44. The number of anilines is 2. The van der Waals surface area contributed by atoms with Crippen molar-refractivity contribution in [3.63, 3.8) is 0 Å². The van der Waals surface area contributed by atoms with Crippen LogP contribution in [-0.2, 0) is 16.6 Å². The summed E-state index contributed by atoms with van der Waals surface area (Å²) in [4.78, 5) is 4.54. The molecule has 0 unspecified atom stereocenters. The van der Waals surface area contributed by atoms with Crippen LogP contribution in [0.2, 0.25) is 5.02 Å². The number of thiophene rings is 1. The zero-order valence-corrected chi connectivity index (χ0v) is 22.6. The summed E-state index contributed by atoms with van der Waals surface area (Å²) < 4.78 is 37.0. The lowest BCUT2D eigenvalue weighted by molar-refractivity contribution is 0.296. The summed E-state index contributed by atoms with van der Waals surface area (Å²) in [6.07, 6.45) is 0. The molecule has 4 aromatic rings. The Bertz CT molecular complexity index is 1480. The van der Waals surface area contributed by atoms with Crippen LogP contribution in [0.1, 0.15) is 11.1 Å². The molecular formula is C27H28ClN3O3S2. The number of halogens is 1. The first-order valence-corrected chi connectivity index (χ1v) is 14.4. The summed E-state index contributed by atoms with van der Waals surface area (Å²) >= 11 is 7.39. The smallest absolute Gasteiger partial charge is 0.271 e. The molecule has 1 N–H and O–H groups in total. The van der Waals surface area contributed by atoms with E-state index < -0.39 is 10.0 Å². The van der Waals surface area contributed by atoms with Crippen LogP contribution in [-0.4, -0.2) is 46.5 Å². The van der Waals surface area contributed by atoms with Gasteiger partial charge in [-0.25, -0.2) is 8.42 Å². The third kappa shape index (κ3) is 5.32. The second-order valence-corrected chi connectivity index (χ2v) is 12.4. The lowest BCUT2D eigenvalue weighted by atomic mass is 10.2. The first-order valence-electron chi connectivity index (χ1n) is 11.8. The maximum absolute atomic E-state index is 13.4. The van der Waals surface area contributed by atoms with Crippen LogP contribution in [0.5, 0.6) is 5.75 Å². The molecule has 0 spiro atoms. The Morgan fingerprint density at radius 3 is 2.50 bits per heavy atom. The number of sulfonamides is 1. The number of benzene rings is 3. The number of nitrogens with zero attached hydrogens (tertiary/aromatic N) is 2. The van der Waals surface area contributed by atoms with Gasteiger partial charge in [-0.2, -0.15) is 0 Å². The summed E-state index contributed by atoms with van der Waals surface area (Å²) in [7, 11) is -1.68. The summed E-state index contributed by atoms with van der Waals surface area (Å²) in [5.41, 5.74) is 3.17. The van der Waals surface area contributed by atoms with Crippen LogP contribution < -0.4 is 14.4 Å². The van der Waals surface area contributed by atoms with E-state index in [0.29, 0.717) is 27.1 Å². The van der Waals surface area contributed by atoms with Gasteiger partial charge in [0.1, 0.15) is 16.6 Å². The number of hydrogen-bond donors (Lipinski definition) is 1. The van der Waals surface area contributed by atoms with Crippen molar-refractivity contribution in [1.82, 2.24) is 4.90 Å². The Morgan fingerprint density at radius 2 is 1.75 bits per heavy atom. The van der Waals surface area contributed by atoms with Gasteiger partial charge in [0.2, 0.25) is 0 Å². The molecule has 2 heterocycles. The van der Waals surface area contributed by atoms with Crippen LogP contribution in [0.4, 0.5) is 11.4 Å². The average molecular weight is 542 g/mol. The fraction of sp³-hybridized carbons (Fsp3) is 0.259. The van der Waals surface area contributed by atoms with Crippen molar-refractivity contribution < 1.29 is 13.2 Å². The fourth-order valence-electron chi connectivity index (χ4n) is 4.36. The van der Waals surface area contributed by atoms with Gasteiger partial charge in [-0.1, -0.05) is 41.9 Å². The van der Waals surface area contributed by atoms with Crippen LogP contribution in [0.25, 0.3) is 10.1 Å². The summed E-state index contributed by atoms with van der Waals surface area (Å²) in [5, 5.41) is 1.44. The molecule has 0 radical (unpaired) electrons. The average Bonchev–Trinajstić information content (AvgIpc) is 3.21. The number of hydrogen-bond acceptors (Lipinski definition) is 6. The number of rotatable bonds is 7. The molecule has 6 nitrogen and oxygen atoms in total. The Labute approximate surface area is 221 Å². The van der Waals surface area contributed by atoms with Gasteiger partial charge in [0.25, 0.3) is 10.0 Å². The van der Waals surface area contributed by atoms with Crippen LogP contribution in [0.15, 0.2) is 70.9 Å². The van der Waals surface area contributed by atoms with E-state index in [0.717, 1.165) is 53.3 Å². The van der Waals surface area contributed by atoms with Crippen molar-refractivity contribution in [2.45, 2.75) is 17.7 Å². The third-order valence-corrected chi connectivity index (χ3v) is 9.90. The lowest BCUT2D eigenvalue weighted by Gasteiger charge is -2.35. The largest absolute Gasteiger partial charge is 0.487 e. The molecule has 36 heavy (non-hydrogen) atoms. The van der Waals surface area contributed by atoms with Crippen molar-refractivity contribution in [2.24, 2.45) is 0 Å². The Balaban J connectivity index is 1.45. The SMILES string of the molecule is Cc1c(S(=O)(=O)Nc2ccc(OCc3ccccc3)c(N3CCN(C)CC3)c2)sc2ccc(Cl)cc12. The van der Waals surface area contributed by atoms with Crippen LogP contribution in [0, 0.1) is 6.92 Å². The molecule has 0 aliphatic carbocycles. The van der Waals surface area contributed by atoms with E-state index in [1.807, 2.05) is 61.5 Å². The Hall–Kier alpha value is -2.78. The monoisotopic (exact) mass is 541 g/mol. The van der Waals surface area contributed by atoms with E-state index in [9.17, 15) is 8.42 Å². The molecular weight excluding hydrogens is 514 g/mol. The Morgan fingerprint density at radius 1 is 1.00 bits per heavy atom. The van der Waals surface area contributed by atoms with E-state index in [4.69, 9.17) is 16.3 Å². The highest BCUT2D eigenvalue weighted by atomic mass is 35.5. The van der Waals surface area contributed by atoms with Crippen LogP contribution >= 0.6 is 22.9 Å². The minimum absolute atomic E-state index is 0.297. The summed E-state index contributed by atoms with van der Waals surface area (Å²) in [6.45, 7) is 5.79. The van der Waals surface area contributed by atoms with Gasteiger partial charge in [-0.15, -0.1) is 11.3 Å². The fourth-order valence-corrected chi connectivity index (χ4v) is 7.33. The van der Waals surface area contributed by atoms with Crippen molar-refractivity contribution in [3.05, 3.63) is 82.9 Å². The molecule has 0 bridgehead atoms. The number of nitrogens with one attached hydrogen (secondary N) is 1. The second kappa shape index (κ2) is 10.3. The number of fused-ring (bicyclic) bond motifs is 1. The standard InChI is InChI=1S/C27H28ClN3O3S2/c1-19-23-16-21(28)8-11-26(23)35-27(19)36(32,33)29-22-9-10-25(34-18-20-6-4-3-5-7-20)24(17-22)31-14-12-30(2)13-15-31/h3-11,16-17,29H,12-15,18H2,1-2H3. The molecule has 0 amide bonds. The summed E-state index contributed by atoms with van der Waals surface area (Å²) in [5.74, 6) is 0.735. The van der Waals surface area contributed by atoms with Crippen LogP contribution in [0.3, 0.4) is 0 Å². The molecule has 9 heteroatoms. The zero-order valence-electron chi connectivity index (χ0n) is 20.2. The number of aryl methyl sites for hydroxylation is 1. The van der Waals surface area contributed by atoms with E-state index in [2.05, 4.69) is 21.6 Å². The molecule has 1 aromatic heterocycles. The molecule has 188 valence electrons. The minimum atomic E-state index is -3.79. The highest BCUT2D eigenvalue weighted by Gasteiger charge is 2.24. The van der Waals surface area contributed by atoms with Crippen molar-refractivity contribution >= 4 is 54.4 Å². The van der Waals surface area contributed by atoms with E-state index in [1.165, 1.54) is 11.3 Å². The van der Waals surface area contributed by atoms with Gasteiger partial charge < -0.3 is 14.5 Å². The normalized spacial score (nSPS) is 14.8. The van der Waals surface area contributed by atoms with Gasteiger partial charge in [-0.3, -0.25) is 4.72 Å². The van der Waals surface area contributed by atoms with Crippen molar-refractivity contribution in [1.29, 1.82) is 0 Å². The molecule has 1 aliphatic heterocycles. The first-order chi connectivity index (χ1) is 17.3. The molecule has 3 aromatic carbocycles. The molecule has 5 rings (SSSR count). The number of likely N-dealkylation sites (N-methyl/N-ethyl adjacent to an activating group) is 1. The third-order valence-electron chi connectivity index (χ3n) is 6.39. The predicted octanol–water partition coefficient (Wildman–Crippen LogP) is 5.99. The Kier molecular flexibility index (Phi) is 7.12. The minimum Gasteiger partial charge on any atom is -0.487 e. The van der Waals surface area contributed by atoms with Crippen molar-refractivity contribution in [3.8, 4) is 5.75 Å². The topological polar surface area (TPSA) is 61.9 Å². The van der Waals surface area contributed by atoms with Crippen molar-refractivity contribution in [2.75, 3.05) is 42.8 Å². The highest BCUT2D eigenvalue weighted by Crippen LogP contribution is 2.38. The molecule has 0 saturated carbocycles.